The maximum absolute atomic E-state index is 13.8. The molecule has 2 heterocycles. The van der Waals surface area contributed by atoms with Crippen LogP contribution < -0.4 is 10.2 Å². The molecule has 0 atom stereocenters. The summed E-state index contributed by atoms with van der Waals surface area (Å²) in [5, 5.41) is 3.37. The average molecular weight is 368 g/mol. The van der Waals surface area contributed by atoms with Crippen molar-refractivity contribution in [2.45, 2.75) is 19.3 Å². The van der Waals surface area contributed by atoms with E-state index in [-0.39, 0.29) is 0 Å². The van der Waals surface area contributed by atoms with Gasteiger partial charge in [0.05, 0.1) is 5.52 Å². The number of nitrogens with zero attached hydrogens (tertiary/aromatic N) is 3. The summed E-state index contributed by atoms with van der Waals surface area (Å²) in [6.07, 6.45) is 4.94. The number of hydrogen-bond donors (Lipinski definition) is 1. The standard InChI is InChI=1S/C20H18F2N4O/c21-15-5-4-6-16(22)18(15)20(27)25-13-7-8-17-14(11-13)19(24-12-23-17)26-9-2-1-3-10-26/h4-8,11-12H,1-3,9-10H2,(H,25,27). The van der Waals surface area contributed by atoms with E-state index >= 15 is 0 Å². The van der Waals surface area contributed by atoms with Gasteiger partial charge in [-0.2, -0.15) is 0 Å². The molecule has 1 aromatic heterocycles. The van der Waals surface area contributed by atoms with Crippen molar-refractivity contribution in [1.82, 2.24) is 9.97 Å². The quantitative estimate of drug-likeness (QED) is 0.755. The summed E-state index contributed by atoms with van der Waals surface area (Å²) in [4.78, 5) is 23.2. The maximum Gasteiger partial charge on any atom is 0.261 e. The highest BCUT2D eigenvalue weighted by atomic mass is 19.1. The van der Waals surface area contributed by atoms with Crippen molar-refractivity contribution in [2.75, 3.05) is 23.3 Å². The van der Waals surface area contributed by atoms with Gasteiger partial charge in [-0.25, -0.2) is 18.7 Å². The number of piperidine rings is 1. The molecule has 1 aliphatic heterocycles. The van der Waals surface area contributed by atoms with Crippen molar-refractivity contribution in [3.8, 4) is 0 Å². The van der Waals surface area contributed by atoms with E-state index in [9.17, 15) is 13.6 Å². The third-order valence-corrected chi connectivity index (χ3v) is 4.72. The molecule has 27 heavy (non-hydrogen) atoms. The zero-order valence-electron chi connectivity index (χ0n) is 14.6. The van der Waals surface area contributed by atoms with Crippen LogP contribution in [0, 0.1) is 11.6 Å². The predicted octanol–water partition coefficient (Wildman–Crippen LogP) is 4.15. The fourth-order valence-electron chi connectivity index (χ4n) is 3.39. The van der Waals surface area contributed by atoms with Crippen LogP contribution in [0.15, 0.2) is 42.7 Å². The second-order valence-corrected chi connectivity index (χ2v) is 6.53. The monoisotopic (exact) mass is 368 g/mol. The average Bonchev–Trinajstić information content (AvgIpc) is 2.68. The van der Waals surface area contributed by atoms with Gasteiger partial charge < -0.3 is 10.2 Å². The van der Waals surface area contributed by atoms with E-state index in [1.54, 1.807) is 18.2 Å². The van der Waals surface area contributed by atoms with Crippen LogP contribution in [0.3, 0.4) is 0 Å². The SMILES string of the molecule is O=C(Nc1ccc2ncnc(N3CCCCC3)c2c1)c1c(F)cccc1F. The van der Waals surface area contributed by atoms with Gasteiger partial charge in [0.2, 0.25) is 0 Å². The molecule has 2 aromatic carbocycles. The molecule has 0 bridgehead atoms. The van der Waals surface area contributed by atoms with Crippen molar-refractivity contribution in [1.29, 1.82) is 0 Å². The summed E-state index contributed by atoms with van der Waals surface area (Å²) in [5.41, 5.74) is 0.585. The molecule has 5 nitrogen and oxygen atoms in total. The van der Waals surface area contributed by atoms with Crippen molar-refractivity contribution >= 4 is 28.3 Å². The van der Waals surface area contributed by atoms with E-state index in [2.05, 4.69) is 20.2 Å². The highest BCUT2D eigenvalue weighted by Crippen LogP contribution is 2.28. The largest absolute Gasteiger partial charge is 0.356 e. The van der Waals surface area contributed by atoms with Gasteiger partial charge in [-0.15, -0.1) is 0 Å². The minimum absolute atomic E-state index is 0.434. The third kappa shape index (κ3) is 3.45. The molecule has 0 spiro atoms. The molecule has 0 radical (unpaired) electrons. The first-order chi connectivity index (χ1) is 13.1. The zero-order valence-corrected chi connectivity index (χ0v) is 14.6. The van der Waals surface area contributed by atoms with E-state index in [0.717, 1.165) is 54.8 Å². The number of benzene rings is 2. The van der Waals surface area contributed by atoms with Crippen molar-refractivity contribution < 1.29 is 13.6 Å². The number of halogens is 2. The molecule has 0 unspecified atom stereocenters. The molecule has 3 aromatic rings. The second-order valence-electron chi connectivity index (χ2n) is 6.53. The third-order valence-electron chi connectivity index (χ3n) is 4.72. The van der Waals surface area contributed by atoms with E-state index in [4.69, 9.17) is 0 Å². The van der Waals surface area contributed by atoms with Crippen molar-refractivity contribution in [2.24, 2.45) is 0 Å². The van der Waals surface area contributed by atoms with Gasteiger partial charge in [-0.3, -0.25) is 4.79 Å². The Balaban J connectivity index is 1.68. The van der Waals surface area contributed by atoms with Crippen molar-refractivity contribution in [3.63, 3.8) is 0 Å². The van der Waals surface area contributed by atoms with Crippen LogP contribution in [-0.2, 0) is 0 Å². The lowest BCUT2D eigenvalue weighted by atomic mass is 10.1. The number of amides is 1. The lowest BCUT2D eigenvalue weighted by Gasteiger charge is -2.28. The van der Waals surface area contributed by atoms with Gasteiger partial charge in [0, 0.05) is 24.2 Å². The molecule has 1 N–H and O–H groups in total. The van der Waals surface area contributed by atoms with Gasteiger partial charge in [0.25, 0.3) is 5.91 Å². The topological polar surface area (TPSA) is 58.1 Å². The van der Waals surface area contributed by atoms with Crippen LogP contribution in [0.25, 0.3) is 10.9 Å². The first kappa shape index (κ1) is 17.3. The minimum atomic E-state index is -0.898. The normalized spacial score (nSPS) is 14.4. The maximum atomic E-state index is 13.8. The molecule has 4 rings (SSSR count). The Morgan fingerprint density at radius 1 is 1.00 bits per heavy atom. The van der Waals surface area contributed by atoms with Crippen LogP contribution in [0.5, 0.6) is 0 Å². The summed E-state index contributed by atoms with van der Waals surface area (Å²) in [7, 11) is 0. The van der Waals surface area contributed by atoms with Crippen LogP contribution in [0.2, 0.25) is 0 Å². The molecular weight excluding hydrogens is 350 g/mol. The van der Waals surface area contributed by atoms with Crippen molar-refractivity contribution in [3.05, 3.63) is 59.9 Å². The second kappa shape index (κ2) is 7.26. The molecule has 1 fully saturated rings. The molecule has 0 saturated carbocycles. The lowest BCUT2D eigenvalue weighted by molar-refractivity contribution is 0.101. The van der Waals surface area contributed by atoms with E-state index in [0.29, 0.717) is 5.69 Å². The Kier molecular flexibility index (Phi) is 4.66. The highest BCUT2D eigenvalue weighted by Gasteiger charge is 2.19. The number of carbonyl (C=O) groups is 1. The number of carbonyl (C=O) groups excluding carboxylic acids is 1. The first-order valence-electron chi connectivity index (χ1n) is 8.88. The van der Waals surface area contributed by atoms with Crippen LogP contribution in [0.1, 0.15) is 29.6 Å². The summed E-state index contributed by atoms with van der Waals surface area (Å²) in [5.74, 6) is -1.81. The Hall–Kier alpha value is -3.09. The molecule has 1 saturated heterocycles. The van der Waals surface area contributed by atoms with Gasteiger partial charge in [0.15, 0.2) is 0 Å². The first-order valence-corrected chi connectivity index (χ1v) is 8.88. The van der Waals surface area contributed by atoms with Crippen LogP contribution >= 0.6 is 0 Å². The predicted molar refractivity (Wildman–Crippen MR) is 99.9 cm³/mol. The molecular formula is C20H18F2N4O. The van der Waals surface area contributed by atoms with Crippen LogP contribution in [-0.4, -0.2) is 29.0 Å². The summed E-state index contributed by atoms with van der Waals surface area (Å²) in [6, 6.07) is 8.50. The van der Waals surface area contributed by atoms with Gasteiger partial charge in [-0.05, 0) is 49.6 Å². The smallest absolute Gasteiger partial charge is 0.261 e. The lowest BCUT2D eigenvalue weighted by Crippen LogP contribution is -2.30. The number of anilines is 2. The van der Waals surface area contributed by atoms with E-state index in [1.165, 1.54) is 18.8 Å². The molecule has 7 heteroatoms. The van der Waals surface area contributed by atoms with Gasteiger partial charge in [0.1, 0.15) is 29.3 Å². The molecule has 1 aliphatic rings. The fourth-order valence-corrected chi connectivity index (χ4v) is 3.39. The summed E-state index contributed by atoms with van der Waals surface area (Å²) >= 11 is 0. The minimum Gasteiger partial charge on any atom is -0.356 e. The number of rotatable bonds is 3. The van der Waals surface area contributed by atoms with Gasteiger partial charge >= 0.3 is 0 Å². The Morgan fingerprint density at radius 3 is 2.48 bits per heavy atom. The molecule has 0 aliphatic carbocycles. The number of hydrogen-bond acceptors (Lipinski definition) is 4. The van der Waals surface area contributed by atoms with E-state index in [1.807, 2.05) is 0 Å². The molecule has 1 amide bonds. The summed E-state index contributed by atoms with van der Waals surface area (Å²) < 4.78 is 27.7. The number of nitrogens with one attached hydrogen (secondary N) is 1. The van der Waals surface area contributed by atoms with E-state index < -0.39 is 23.1 Å². The summed E-state index contributed by atoms with van der Waals surface area (Å²) in [6.45, 7) is 1.84. The van der Waals surface area contributed by atoms with Gasteiger partial charge in [-0.1, -0.05) is 6.07 Å². The van der Waals surface area contributed by atoms with Crippen LogP contribution in [0.4, 0.5) is 20.3 Å². The number of aromatic nitrogens is 2. The molecule has 138 valence electrons. The Morgan fingerprint density at radius 2 is 1.74 bits per heavy atom. The fraction of sp³-hybridized carbons (Fsp3) is 0.250. The Labute approximate surface area is 155 Å². The Bertz CT molecular complexity index is 982. The highest BCUT2D eigenvalue weighted by molar-refractivity contribution is 6.06. The zero-order chi connectivity index (χ0) is 18.8. The number of fused-ring (bicyclic) bond motifs is 1.